The predicted octanol–water partition coefficient (Wildman–Crippen LogP) is 2.27. The second kappa shape index (κ2) is 10.4. The van der Waals surface area contributed by atoms with Crippen LogP contribution < -0.4 is 5.09 Å². The van der Waals surface area contributed by atoms with Gasteiger partial charge in [0, 0.05) is 31.4 Å². The molecule has 0 fully saturated rings. The van der Waals surface area contributed by atoms with E-state index in [0.717, 1.165) is 0 Å². The molecule has 0 saturated heterocycles. The van der Waals surface area contributed by atoms with Crippen LogP contribution in [0.15, 0.2) is 0 Å². The fourth-order valence-electron chi connectivity index (χ4n) is 1.34. The summed E-state index contributed by atoms with van der Waals surface area (Å²) in [5.41, 5.74) is 0. The Balaban J connectivity index is 4.57. The molecule has 5 nitrogen and oxygen atoms in total. The number of nitrogens with one attached hydrogen (secondary N) is 1. The first-order valence-electron chi connectivity index (χ1n) is 6.05. The van der Waals surface area contributed by atoms with Gasteiger partial charge in [0.05, 0.1) is 12.7 Å². The number of nitrogens with zero attached hydrogens (tertiary/aromatic N) is 1. The van der Waals surface area contributed by atoms with Crippen molar-refractivity contribution >= 4 is 30.9 Å². The molecule has 0 aromatic rings. The lowest BCUT2D eigenvalue weighted by Gasteiger charge is -2.30. The van der Waals surface area contributed by atoms with Crippen LogP contribution >= 0.6 is 30.9 Å². The first-order chi connectivity index (χ1) is 8.50. The first kappa shape index (κ1) is 18.7. The summed E-state index contributed by atoms with van der Waals surface area (Å²) in [5.74, 6) is 0.706. The SMILES string of the molecule is CCNP(=O)(OCCC(C)O)N(CCCl)CCCl. The lowest BCUT2D eigenvalue weighted by atomic mass is 10.3. The largest absolute Gasteiger partial charge is 0.393 e. The van der Waals surface area contributed by atoms with Crippen LogP contribution in [0.1, 0.15) is 20.3 Å². The molecule has 0 rings (SSSR count). The van der Waals surface area contributed by atoms with Gasteiger partial charge < -0.3 is 9.63 Å². The Labute approximate surface area is 119 Å². The molecule has 2 atom stereocenters. The standard InChI is InChI=1S/C10H23Cl2N2O3P/c1-3-13-18(16,17-9-4-10(2)15)14(7-5-11)8-6-12/h10,15H,3-9H2,1-2H3,(H,13,16). The molecule has 0 bridgehead atoms. The fraction of sp³-hybridized carbons (Fsp3) is 1.00. The molecule has 0 radical (unpaired) electrons. The third kappa shape index (κ3) is 7.29. The molecular formula is C10H23Cl2N2O3P. The summed E-state index contributed by atoms with van der Waals surface area (Å²) in [7, 11) is -3.12. The quantitative estimate of drug-likeness (QED) is 0.451. The van der Waals surface area contributed by atoms with Crippen LogP contribution in [0, 0.1) is 0 Å². The highest BCUT2D eigenvalue weighted by molar-refractivity contribution is 7.54. The second-order valence-electron chi connectivity index (χ2n) is 3.83. The number of aliphatic hydroxyl groups is 1. The zero-order chi connectivity index (χ0) is 14.0. The van der Waals surface area contributed by atoms with Crippen molar-refractivity contribution in [1.82, 2.24) is 9.76 Å². The van der Waals surface area contributed by atoms with Gasteiger partial charge in [-0.05, 0) is 13.3 Å². The molecule has 0 saturated carbocycles. The maximum Gasteiger partial charge on any atom is 0.343 e. The van der Waals surface area contributed by atoms with Gasteiger partial charge in [-0.2, -0.15) is 0 Å². The smallest absolute Gasteiger partial charge is 0.343 e. The summed E-state index contributed by atoms with van der Waals surface area (Å²) >= 11 is 11.4. The molecule has 8 heteroatoms. The number of rotatable bonds is 11. The highest BCUT2D eigenvalue weighted by Crippen LogP contribution is 2.46. The average molecular weight is 321 g/mol. The van der Waals surface area contributed by atoms with E-state index in [2.05, 4.69) is 5.09 Å². The Morgan fingerprint density at radius 3 is 2.33 bits per heavy atom. The summed E-state index contributed by atoms with van der Waals surface area (Å²) in [5, 5.41) is 12.0. The monoisotopic (exact) mass is 320 g/mol. The van der Waals surface area contributed by atoms with Crippen LogP contribution in [0.4, 0.5) is 0 Å². The Morgan fingerprint density at radius 1 is 1.39 bits per heavy atom. The lowest BCUT2D eigenvalue weighted by Crippen LogP contribution is -2.33. The number of hydrogen-bond acceptors (Lipinski definition) is 3. The van der Waals surface area contributed by atoms with Gasteiger partial charge in [-0.15, -0.1) is 23.2 Å². The van der Waals surface area contributed by atoms with Gasteiger partial charge in [0.1, 0.15) is 0 Å². The number of halogens is 2. The van der Waals surface area contributed by atoms with Crippen LogP contribution in [0.3, 0.4) is 0 Å². The molecule has 2 unspecified atom stereocenters. The number of alkyl halides is 2. The molecule has 18 heavy (non-hydrogen) atoms. The van der Waals surface area contributed by atoms with Crippen molar-refractivity contribution < 1.29 is 14.2 Å². The van der Waals surface area contributed by atoms with Crippen LogP contribution in [-0.4, -0.2) is 53.9 Å². The third-order valence-electron chi connectivity index (χ3n) is 2.22. The minimum absolute atomic E-state index is 0.225. The topological polar surface area (TPSA) is 61.8 Å². The molecule has 0 amide bonds. The Hall–Kier alpha value is 0.650. The highest BCUT2D eigenvalue weighted by atomic mass is 35.5. The summed E-state index contributed by atoms with van der Waals surface area (Å²) in [6.45, 7) is 5.14. The van der Waals surface area contributed by atoms with Gasteiger partial charge in [0.15, 0.2) is 0 Å². The van der Waals surface area contributed by atoms with Crippen molar-refractivity contribution in [2.45, 2.75) is 26.4 Å². The van der Waals surface area contributed by atoms with Crippen molar-refractivity contribution in [3.05, 3.63) is 0 Å². The van der Waals surface area contributed by atoms with Crippen LogP contribution in [-0.2, 0) is 9.09 Å². The van der Waals surface area contributed by atoms with Crippen LogP contribution in [0.2, 0.25) is 0 Å². The predicted molar refractivity (Wildman–Crippen MR) is 76.5 cm³/mol. The highest BCUT2D eigenvalue weighted by Gasteiger charge is 2.30. The van der Waals surface area contributed by atoms with Crippen LogP contribution in [0.5, 0.6) is 0 Å². The maximum absolute atomic E-state index is 12.7. The molecule has 0 heterocycles. The lowest BCUT2D eigenvalue weighted by molar-refractivity contribution is 0.150. The molecule has 0 aliphatic carbocycles. The van der Waals surface area contributed by atoms with Crippen molar-refractivity contribution in [3.8, 4) is 0 Å². The molecule has 0 aromatic heterocycles. The molecule has 2 N–H and O–H groups in total. The van der Waals surface area contributed by atoms with E-state index in [1.165, 1.54) is 0 Å². The van der Waals surface area contributed by atoms with Gasteiger partial charge in [-0.25, -0.2) is 9.76 Å². The minimum Gasteiger partial charge on any atom is -0.393 e. The zero-order valence-corrected chi connectivity index (χ0v) is 13.3. The Bertz CT molecular complexity index is 251. The number of aliphatic hydroxyl groups excluding tert-OH is 1. The minimum atomic E-state index is -3.12. The van der Waals surface area contributed by atoms with E-state index in [-0.39, 0.29) is 6.61 Å². The van der Waals surface area contributed by atoms with E-state index in [9.17, 15) is 9.67 Å². The first-order valence-corrected chi connectivity index (χ1v) is 8.70. The Kier molecular flexibility index (Phi) is 10.8. The maximum atomic E-state index is 12.7. The summed E-state index contributed by atoms with van der Waals surface area (Å²) in [6, 6.07) is 0. The molecule has 0 aliphatic rings. The van der Waals surface area contributed by atoms with E-state index in [1.54, 1.807) is 11.6 Å². The normalized spacial score (nSPS) is 16.8. The molecule has 0 aromatic carbocycles. The van der Waals surface area contributed by atoms with Gasteiger partial charge in [-0.1, -0.05) is 6.92 Å². The van der Waals surface area contributed by atoms with Crippen molar-refractivity contribution in [2.75, 3.05) is 38.0 Å². The van der Waals surface area contributed by atoms with Gasteiger partial charge >= 0.3 is 7.67 Å². The zero-order valence-electron chi connectivity index (χ0n) is 10.9. The molecular weight excluding hydrogens is 298 g/mol. The van der Waals surface area contributed by atoms with E-state index < -0.39 is 13.8 Å². The summed E-state index contributed by atoms with van der Waals surface area (Å²) in [6.07, 6.45) is -0.0417. The number of hydrogen-bond donors (Lipinski definition) is 2. The van der Waals surface area contributed by atoms with Gasteiger partial charge in [0.25, 0.3) is 0 Å². The van der Waals surface area contributed by atoms with Crippen molar-refractivity contribution in [2.24, 2.45) is 0 Å². The Morgan fingerprint density at radius 2 is 1.94 bits per heavy atom. The molecule has 110 valence electrons. The molecule has 0 spiro atoms. The van der Waals surface area contributed by atoms with Crippen LogP contribution in [0.25, 0.3) is 0 Å². The summed E-state index contributed by atoms with van der Waals surface area (Å²) < 4.78 is 19.7. The van der Waals surface area contributed by atoms with Crippen molar-refractivity contribution in [1.29, 1.82) is 0 Å². The van der Waals surface area contributed by atoms with E-state index in [4.69, 9.17) is 27.7 Å². The third-order valence-corrected chi connectivity index (χ3v) is 4.95. The van der Waals surface area contributed by atoms with Crippen molar-refractivity contribution in [3.63, 3.8) is 0 Å². The average Bonchev–Trinajstić information content (AvgIpc) is 2.28. The van der Waals surface area contributed by atoms with Gasteiger partial charge in [0.2, 0.25) is 0 Å². The fourth-order valence-corrected chi connectivity index (χ4v) is 3.92. The second-order valence-corrected chi connectivity index (χ2v) is 6.77. The van der Waals surface area contributed by atoms with E-state index in [1.807, 2.05) is 6.92 Å². The van der Waals surface area contributed by atoms with E-state index in [0.29, 0.717) is 37.8 Å². The van der Waals surface area contributed by atoms with E-state index >= 15 is 0 Å². The van der Waals surface area contributed by atoms with Gasteiger partial charge in [-0.3, -0.25) is 4.57 Å². The molecule has 0 aliphatic heterocycles. The summed E-state index contributed by atoms with van der Waals surface area (Å²) in [4.78, 5) is 0.